The van der Waals surface area contributed by atoms with Crippen LogP contribution in [0, 0.1) is 0 Å². The van der Waals surface area contributed by atoms with E-state index in [0.717, 1.165) is 11.4 Å². The molecule has 0 unspecified atom stereocenters. The topological polar surface area (TPSA) is 80.0 Å². The van der Waals surface area contributed by atoms with E-state index in [1.807, 2.05) is 24.4 Å². The molecule has 2 rings (SSSR count). The molecule has 0 aliphatic heterocycles. The van der Waals surface area contributed by atoms with Crippen LogP contribution in [0.2, 0.25) is 0 Å². The SMILES string of the molecule is CCNc1nc(N)c(C(=O)NCc2cccs2)s1. The summed E-state index contributed by atoms with van der Waals surface area (Å²) in [6.07, 6.45) is 0. The van der Waals surface area contributed by atoms with Crippen LogP contribution < -0.4 is 16.4 Å². The number of nitrogens with zero attached hydrogens (tertiary/aromatic N) is 1. The smallest absolute Gasteiger partial charge is 0.265 e. The van der Waals surface area contributed by atoms with Crippen LogP contribution >= 0.6 is 22.7 Å². The summed E-state index contributed by atoms with van der Waals surface area (Å²) in [5.41, 5.74) is 5.72. The summed E-state index contributed by atoms with van der Waals surface area (Å²) in [7, 11) is 0. The highest BCUT2D eigenvalue weighted by atomic mass is 32.1. The minimum atomic E-state index is -0.178. The molecule has 0 saturated carbocycles. The van der Waals surface area contributed by atoms with Crippen LogP contribution in [0.3, 0.4) is 0 Å². The molecule has 0 atom stereocenters. The number of hydrogen-bond donors (Lipinski definition) is 3. The average Bonchev–Trinajstić information content (AvgIpc) is 2.96. The number of anilines is 2. The molecule has 2 aromatic heterocycles. The molecule has 0 bridgehead atoms. The van der Waals surface area contributed by atoms with Gasteiger partial charge in [-0.15, -0.1) is 11.3 Å². The van der Waals surface area contributed by atoms with Gasteiger partial charge in [-0.1, -0.05) is 17.4 Å². The second kappa shape index (κ2) is 5.83. The quantitative estimate of drug-likeness (QED) is 0.785. The second-order valence-electron chi connectivity index (χ2n) is 3.53. The van der Waals surface area contributed by atoms with E-state index in [4.69, 9.17) is 5.73 Å². The molecular weight excluding hydrogens is 268 g/mol. The third-order valence-electron chi connectivity index (χ3n) is 2.19. The van der Waals surface area contributed by atoms with E-state index in [9.17, 15) is 4.79 Å². The number of thiazole rings is 1. The summed E-state index contributed by atoms with van der Waals surface area (Å²) in [6.45, 7) is 3.24. The average molecular weight is 282 g/mol. The fourth-order valence-corrected chi connectivity index (χ4v) is 2.90. The Morgan fingerprint density at radius 2 is 2.39 bits per heavy atom. The van der Waals surface area contributed by atoms with Gasteiger partial charge in [-0.3, -0.25) is 4.79 Å². The van der Waals surface area contributed by atoms with Crippen LogP contribution in [0.1, 0.15) is 21.5 Å². The highest BCUT2D eigenvalue weighted by Crippen LogP contribution is 2.24. The van der Waals surface area contributed by atoms with E-state index in [2.05, 4.69) is 15.6 Å². The van der Waals surface area contributed by atoms with Gasteiger partial charge in [0.15, 0.2) is 5.13 Å². The van der Waals surface area contributed by atoms with Gasteiger partial charge in [0.25, 0.3) is 5.91 Å². The van der Waals surface area contributed by atoms with Crippen molar-refractivity contribution in [1.82, 2.24) is 10.3 Å². The van der Waals surface area contributed by atoms with Crippen LogP contribution in [-0.4, -0.2) is 17.4 Å². The lowest BCUT2D eigenvalue weighted by molar-refractivity contribution is 0.0956. The number of carbonyl (C=O) groups is 1. The first-order chi connectivity index (χ1) is 8.70. The minimum absolute atomic E-state index is 0.178. The van der Waals surface area contributed by atoms with Gasteiger partial charge in [-0.05, 0) is 18.4 Å². The number of nitrogens with one attached hydrogen (secondary N) is 2. The van der Waals surface area contributed by atoms with E-state index in [1.54, 1.807) is 11.3 Å². The van der Waals surface area contributed by atoms with Crippen LogP contribution in [-0.2, 0) is 6.54 Å². The van der Waals surface area contributed by atoms with Crippen molar-refractivity contribution in [2.75, 3.05) is 17.6 Å². The molecule has 0 aliphatic carbocycles. The lowest BCUT2D eigenvalue weighted by atomic mass is 10.4. The molecule has 2 heterocycles. The lowest BCUT2D eigenvalue weighted by Gasteiger charge is -2.01. The maximum atomic E-state index is 11.9. The summed E-state index contributed by atoms with van der Waals surface area (Å²) in [5, 5.41) is 8.53. The van der Waals surface area contributed by atoms with Crippen molar-refractivity contribution in [3.8, 4) is 0 Å². The number of rotatable bonds is 5. The van der Waals surface area contributed by atoms with E-state index in [-0.39, 0.29) is 11.7 Å². The molecule has 7 heteroatoms. The minimum Gasteiger partial charge on any atom is -0.382 e. The molecular formula is C11H14N4OS2. The number of carbonyl (C=O) groups excluding carboxylic acids is 1. The Bertz CT molecular complexity index is 521. The predicted molar refractivity (Wildman–Crippen MR) is 76.2 cm³/mol. The van der Waals surface area contributed by atoms with E-state index in [0.29, 0.717) is 16.6 Å². The molecule has 0 spiro atoms. The second-order valence-corrected chi connectivity index (χ2v) is 5.56. The number of thiophene rings is 1. The normalized spacial score (nSPS) is 10.3. The van der Waals surface area contributed by atoms with Crippen molar-refractivity contribution in [1.29, 1.82) is 0 Å². The van der Waals surface area contributed by atoms with Gasteiger partial charge in [0.2, 0.25) is 0 Å². The van der Waals surface area contributed by atoms with Crippen LogP contribution in [0.25, 0.3) is 0 Å². The molecule has 18 heavy (non-hydrogen) atoms. The van der Waals surface area contributed by atoms with Crippen molar-refractivity contribution in [3.05, 3.63) is 27.3 Å². The largest absolute Gasteiger partial charge is 0.382 e. The summed E-state index contributed by atoms with van der Waals surface area (Å²) in [6, 6.07) is 3.93. The fourth-order valence-electron chi connectivity index (χ4n) is 1.38. The molecule has 0 fully saturated rings. The van der Waals surface area contributed by atoms with E-state index in [1.165, 1.54) is 11.3 Å². The summed E-state index contributed by atoms with van der Waals surface area (Å²) in [5.74, 6) is 0.0992. The highest BCUT2D eigenvalue weighted by Gasteiger charge is 2.15. The fraction of sp³-hybridized carbons (Fsp3) is 0.273. The van der Waals surface area contributed by atoms with E-state index < -0.39 is 0 Å². The van der Waals surface area contributed by atoms with E-state index >= 15 is 0 Å². The molecule has 4 N–H and O–H groups in total. The van der Waals surface area contributed by atoms with Gasteiger partial charge in [-0.25, -0.2) is 4.98 Å². The highest BCUT2D eigenvalue weighted by molar-refractivity contribution is 7.18. The first-order valence-electron chi connectivity index (χ1n) is 5.51. The first kappa shape index (κ1) is 12.8. The lowest BCUT2D eigenvalue weighted by Crippen LogP contribution is -2.22. The third kappa shape index (κ3) is 2.99. The molecule has 96 valence electrons. The Balaban J connectivity index is 2.00. The maximum Gasteiger partial charge on any atom is 0.265 e. The van der Waals surface area contributed by atoms with Crippen molar-refractivity contribution in [3.63, 3.8) is 0 Å². The Hall–Kier alpha value is -1.60. The first-order valence-corrected chi connectivity index (χ1v) is 7.21. The molecule has 0 aliphatic rings. The van der Waals surface area contributed by atoms with Crippen molar-refractivity contribution >= 4 is 39.5 Å². The van der Waals surface area contributed by atoms with Crippen molar-refractivity contribution in [2.45, 2.75) is 13.5 Å². The monoisotopic (exact) mass is 282 g/mol. The molecule has 0 aromatic carbocycles. The standard InChI is InChI=1S/C11H14N4OS2/c1-2-13-11-15-9(12)8(18-11)10(16)14-6-7-4-3-5-17-7/h3-5H,2,6,12H2,1H3,(H,13,15)(H,14,16). The van der Waals surface area contributed by atoms with Gasteiger partial charge in [0.1, 0.15) is 10.7 Å². The molecule has 5 nitrogen and oxygen atoms in total. The number of nitrogens with two attached hydrogens (primary N) is 1. The van der Waals surface area contributed by atoms with Crippen LogP contribution in [0.4, 0.5) is 10.9 Å². The van der Waals surface area contributed by atoms with Crippen molar-refractivity contribution < 1.29 is 4.79 Å². The molecule has 0 radical (unpaired) electrons. The zero-order valence-electron chi connectivity index (χ0n) is 9.90. The number of amides is 1. The maximum absolute atomic E-state index is 11.9. The van der Waals surface area contributed by atoms with Gasteiger partial charge in [0.05, 0.1) is 6.54 Å². The molecule has 1 amide bonds. The van der Waals surface area contributed by atoms with Gasteiger partial charge in [0, 0.05) is 11.4 Å². The third-order valence-corrected chi connectivity index (χ3v) is 4.09. The Morgan fingerprint density at radius 3 is 3.06 bits per heavy atom. The van der Waals surface area contributed by atoms with Crippen molar-refractivity contribution in [2.24, 2.45) is 0 Å². The zero-order valence-corrected chi connectivity index (χ0v) is 11.5. The van der Waals surface area contributed by atoms with Gasteiger partial charge < -0.3 is 16.4 Å². The van der Waals surface area contributed by atoms with Gasteiger partial charge >= 0.3 is 0 Å². The molecule has 0 saturated heterocycles. The number of aromatic nitrogens is 1. The zero-order chi connectivity index (χ0) is 13.0. The number of hydrogen-bond acceptors (Lipinski definition) is 6. The molecule has 2 aromatic rings. The summed E-state index contributed by atoms with van der Waals surface area (Å²) < 4.78 is 0. The van der Waals surface area contributed by atoms with Crippen LogP contribution in [0.15, 0.2) is 17.5 Å². The predicted octanol–water partition coefficient (Wildman–Crippen LogP) is 2.15. The van der Waals surface area contributed by atoms with Crippen LogP contribution in [0.5, 0.6) is 0 Å². The Labute approximate surface area is 113 Å². The summed E-state index contributed by atoms with van der Waals surface area (Å²) >= 11 is 2.88. The Kier molecular flexibility index (Phi) is 4.16. The Morgan fingerprint density at radius 1 is 1.56 bits per heavy atom. The van der Waals surface area contributed by atoms with Gasteiger partial charge in [-0.2, -0.15) is 0 Å². The summed E-state index contributed by atoms with van der Waals surface area (Å²) in [4.78, 5) is 17.6. The number of nitrogen functional groups attached to an aromatic ring is 1.